The van der Waals surface area contributed by atoms with E-state index >= 15 is 0 Å². The van der Waals surface area contributed by atoms with Crippen molar-refractivity contribution in [3.63, 3.8) is 0 Å². The van der Waals surface area contributed by atoms with Gasteiger partial charge < -0.3 is 16.0 Å². The Kier molecular flexibility index (Phi) is 6.55. The predicted octanol–water partition coefficient (Wildman–Crippen LogP) is -0.339. The summed E-state index contributed by atoms with van der Waals surface area (Å²) in [5, 5.41) is 23.7. The summed E-state index contributed by atoms with van der Waals surface area (Å²) < 4.78 is 0. The van der Waals surface area contributed by atoms with Gasteiger partial charge in [-0.3, -0.25) is 15.4 Å². The molecule has 1 atom stereocenters. The first-order chi connectivity index (χ1) is 10.3. The largest absolute Gasteiger partial charge is 0.314 e. The first kappa shape index (κ1) is 15.8. The third-order valence-corrected chi connectivity index (χ3v) is 3.40. The van der Waals surface area contributed by atoms with E-state index in [9.17, 15) is 10.1 Å². The summed E-state index contributed by atoms with van der Waals surface area (Å²) in [7, 11) is 0. The Balaban J connectivity index is 1.96. The van der Waals surface area contributed by atoms with Gasteiger partial charge in [0.2, 0.25) is 0 Å². The van der Waals surface area contributed by atoms with Gasteiger partial charge in [0, 0.05) is 44.2 Å². The molecular formula is C14H23N5O2. The summed E-state index contributed by atoms with van der Waals surface area (Å²) in [6.07, 6.45) is -0.752. The molecule has 2 bridgehead atoms. The van der Waals surface area contributed by atoms with Crippen LogP contribution in [-0.4, -0.2) is 43.8 Å². The highest BCUT2D eigenvalue weighted by Gasteiger charge is 2.17. The average Bonchev–Trinajstić information content (AvgIpc) is 2.48. The van der Waals surface area contributed by atoms with Crippen LogP contribution in [0.25, 0.3) is 0 Å². The molecule has 2 rings (SSSR count). The second-order valence-corrected chi connectivity index (χ2v) is 5.13. The van der Waals surface area contributed by atoms with Gasteiger partial charge in [-0.25, -0.2) is 0 Å². The summed E-state index contributed by atoms with van der Waals surface area (Å²) in [5.74, 6) is 0. The van der Waals surface area contributed by atoms with Crippen LogP contribution in [0.5, 0.6) is 0 Å². The fourth-order valence-electron chi connectivity index (χ4n) is 2.29. The number of hydrogen-bond donors (Lipinski definition) is 4. The zero-order valence-electron chi connectivity index (χ0n) is 12.1. The zero-order valence-corrected chi connectivity index (χ0v) is 12.1. The fraction of sp³-hybridized carbons (Fsp3) is 0.571. The number of nitrogens with zero attached hydrogens (tertiary/aromatic N) is 1. The lowest BCUT2D eigenvalue weighted by atomic mass is 10.1. The minimum atomic E-state index is -0.752. The van der Waals surface area contributed by atoms with Crippen LogP contribution in [0.1, 0.15) is 11.1 Å². The molecule has 1 aliphatic rings. The number of fused-ring (bicyclic) bond motifs is 2. The third-order valence-electron chi connectivity index (χ3n) is 3.40. The smallest absolute Gasteiger partial charge is 0.278 e. The van der Waals surface area contributed by atoms with Crippen molar-refractivity contribution in [1.29, 1.82) is 0 Å². The van der Waals surface area contributed by atoms with Crippen LogP contribution >= 0.6 is 0 Å². The van der Waals surface area contributed by atoms with Crippen LogP contribution in [0, 0.1) is 10.1 Å². The Morgan fingerprint density at radius 1 is 1.00 bits per heavy atom. The van der Waals surface area contributed by atoms with Gasteiger partial charge >= 0.3 is 0 Å². The van der Waals surface area contributed by atoms with Crippen LogP contribution in [-0.2, 0) is 13.1 Å². The van der Waals surface area contributed by atoms with Crippen LogP contribution < -0.4 is 21.3 Å². The van der Waals surface area contributed by atoms with Crippen LogP contribution in [0.4, 0.5) is 0 Å². The van der Waals surface area contributed by atoms with Crippen molar-refractivity contribution < 1.29 is 4.92 Å². The molecule has 7 heteroatoms. The van der Waals surface area contributed by atoms with E-state index in [0.717, 1.165) is 31.7 Å². The van der Waals surface area contributed by atoms with Crippen LogP contribution in [0.15, 0.2) is 24.3 Å². The van der Waals surface area contributed by atoms with E-state index in [1.54, 1.807) is 0 Å². The Hall–Kier alpha value is -1.54. The Labute approximate surface area is 124 Å². The molecule has 1 heterocycles. The van der Waals surface area contributed by atoms with Crippen molar-refractivity contribution in [2.45, 2.75) is 19.3 Å². The number of rotatable bonds is 1. The molecule has 0 saturated carbocycles. The van der Waals surface area contributed by atoms with Gasteiger partial charge in [-0.15, -0.1) is 0 Å². The molecule has 0 spiro atoms. The molecule has 4 N–H and O–H groups in total. The molecule has 0 aromatic heterocycles. The fourth-order valence-corrected chi connectivity index (χ4v) is 2.29. The maximum absolute atomic E-state index is 11.0. The summed E-state index contributed by atoms with van der Waals surface area (Å²) in [6.45, 7) is 4.82. The topological polar surface area (TPSA) is 91.3 Å². The molecule has 1 aromatic carbocycles. The van der Waals surface area contributed by atoms with E-state index in [1.165, 1.54) is 5.56 Å². The van der Waals surface area contributed by atoms with E-state index < -0.39 is 6.17 Å². The van der Waals surface area contributed by atoms with Crippen LogP contribution in [0.2, 0.25) is 0 Å². The van der Waals surface area contributed by atoms with E-state index in [4.69, 9.17) is 0 Å². The van der Waals surface area contributed by atoms with Crippen molar-refractivity contribution in [3.05, 3.63) is 45.5 Å². The molecule has 0 aliphatic carbocycles. The molecule has 0 amide bonds. The molecule has 1 aliphatic heterocycles. The summed E-state index contributed by atoms with van der Waals surface area (Å²) in [6, 6.07) is 8.27. The number of nitrogens with one attached hydrogen (secondary N) is 4. The highest BCUT2D eigenvalue weighted by Crippen LogP contribution is 2.05. The van der Waals surface area contributed by atoms with Gasteiger partial charge in [0.05, 0.1) is 6.54 Å². The second kappa shape index (κ2) is 8.68. The normalized spacial score (nSPS) is 22.0. The minimum Gasteiger partial charge on any atom is -0.314 e. The van der Waals surface area contributed by atoms with Crippen molar-refractivity contribution >= 4 is 0 Å². The van der Waals surface area contributed by atoms with Crippen molar-refractivity contribution in [2.75, 3.05) is 32.7 Å². The first-order valence-corrected chi connectivity index (χ1v) is 7.32. The van der Waals surface area contributed by atoms with Gasteiger partial charge in [0.25, 0.3) is 6.17 Å². The molecule has 21 heavy (non-hydrogen) atoms. The van der Waals surface area contributed by atoms with Gasteiger partial charge in [-0.05, 0) is 11.1 Å². The molecule has 1 aromatic rings. The molecule has 0 radical (unpaired) electrons. The van der Waals surface area contributed by atoms with Crippen molar-refractivity contribution in [1.82, 2.24) is 21.3 Å². The molecular weight excluding hydrogens is 270 g/mol. The predicted molar refractivity (Wildman–Crippen MR) is 81.5 cm³/mol. The van der Waals surface area contributed by atoms with Crippen molar-refractivity contribution in [2.24, 2.45) is 0 Å². The zero-order chi connectivity index (χ0) is 14.9. The third kappa shape index (κ3) is 5.76. The number of nitro groups is 1. The van der Waals surface area contributed by atoms with E-state index in [-0.39, 0.29) is 4.92 Å². The lowest BCUT2D eigenvalue weighted by Gasteiger charge is -2.12. The van der Waals surface area contributed by atoms with Crippen molar-refractivity contribution in [3.8, 4) is 0 Å². The quantitative estimate of drug-likeness (QED) is 0.418. The second-order valence-electron chi connectivity index (χ2n) is 5.13. The molecule has 7 nitrogen and oxygen atoms in total. The Morgan fingerprint density at radius 3 is 2.43 bits per heavy atom. The molecule has 116 valence electrons. The van der Waals surface area contributed by atoms with Gasteiger partial charge in [0.1, 0.15) is 0 Å². The van der Waals surface area contributed by atoms with E-state index in [0.29, 0.717) is 19.6 Å². The number of benzene rings is 1. The first-order valence-electron chi connectivity index (χ1n) is 7.32. The van der Waals surface area contributed by atoms with Crippen LogP contribution in [0.3, 0.4) is 0 Å². The van der Waals surface area contributed by atoms with E-state index in [1.807, 2.05) is 12.1 Å². The number of hydrogen-bond acceptors (Lipinski definition) is 6. The van der Waals surface area contributed by atoms with Gasteiger partial charge in [-0.1, -0.05) is 24.3 Å². The SMILES string of the molecule is O=[N+]([O-])C1CNCc2cccc(c2)CNCCNCCN1. The molecule has 0 fully saturated rings. The maximum atomic E-state index is 11.0. The molecule has 0 saturated heterocycles. The highest BCUT2D eigenvalue weighted by atomic mass is 16.6. The lowest BCUT2D eigenvalue weighted by molar-refractivity contribution is -0.527. The maximum Gasteiger partial charge on any atom is 0.278 e. The Morgan fingerprint density at radius 2 is 1.67 bits per heavy atom. The summed E-state index contributed by atoms with van der Waals surface area (Å²) in [4.78, 5) is 10.7. The lowest BCUT2D eigenvalue weighted by Crippen LogP contribution is -2.46. The highest BCUT2D eigenvalue weighted by molar-refractivity contribution is 5.23. The summed E-state index contributed by atoms with van der Waals surface area (Å²) in [5.41, 5.74) is 2.37. The van der Waals surface area contributed by atoms with Gasteiger partial charge in [-0.2, -0.15) is 0 Å². The van der Waals surface area contributed by atoms with E-state index in [2.05, 4.69) is 33.4 Å². The molecule has 1 unspecified atom stereocenters. The van der Waals surface area contributed by atoms with Gasteiger partial charge in [0.15, 0.2) is 0 Å². The summed E-state index contributed by atoms with van der Waals surface area (Å²) >= 11 is 0. The standard InChI is InChI=1S/C14H23N5O2/c20-19(21)14-11-17-10-13-3-1-2-12(8-13)9-16-5-4-15-6-7-18-14/h1-3,8,14-18H,4-7,9-11H2. The monoisotopic (exact) mass is 293 g/mol. The Bertz CT molecular complexity index is 455. The average molecular weight is 293 g/mol. The minimum absolute atomic E-state index is 0.275.